The van der Waals surface area contributed by atoms with Crippen LogP contribution >= 0.6 is 0 Å². The van der Waals surface area contributed by atoms with E-state index in [0.717, 1.165) is 11.1 Å². The van der Waals surface area contributed by atoms with Crippen LogP contribution in [-0.4, -0.2) is 48.7 Å². The van der Waals surface area contributed by atoms with Crippen LogP contribution < -0.4 is 9.47 Å². The number of carboxylic acids is 1. The van der Waals surface area contributed by atoms with E-state index in [1.54, 1.807) is 7.05 Å². The van der Waals surface area contributed by atoms with Gasteiger partial charge in [-0.15, -0.1) is 0 Å². The van der Waals surface area contributed by atoms with E-state index in [1.165, 1.54) is 12.0 Å². The molecule has 1 aliphatic rings. The molecule has 0 saturated heterocycles. The lowest BCUT2D eigenvalue weighted by molar-refractivity contribution is -0.136. The fourth-order valence-electron chi connectivity index (χ4n) is 3.59. The highest BCUT2D eigenvalue weighted by Gasteiger charge is 2.34. The first-order valence-corrected chi connectivity index (χ1v) is 10.3. The quantitative estimate of drug-likeness (QED) is 0.462. The van der Waals surface area contributed by atoms with Crippen LogP contribution in [0.2, 0.25) is 0 Å². The fourth-order valence-corrected chi connectivity index (χ4v) is 3.59. The summed E-state index contributed by atoms with van der Waals surface area (Å²) in [4.78, 5) is 37.5. The minimum Gasteiger partial charge on any atom is -0.496 e. The van der Waals surface area contributed by atoms with Crippen LogP contribution in [0, 0.1) is 12.8 Å². The summed E-state index contributed by atoms with van der Waals surface area (Å²) in [6, 6.07) is 0. The molecule has 31 heavy (non-hydrogen) atoms. The largest absolute Gasteiger partial charge is 0.496 e. The number of fused-ring (bicyclic) bond motifs is 1. The third-order valence-electron chi connectivity index (χ3n) is 5.15. The number of carbonyl (C=O) groups excluding carboxylic acids is 2. The van der Waals surface area contributed by atoms with Gasteiger partial charge in [0.2, 0.25) is 0 Å². The van der Waals surface area contributed by atoms with Gasteiger partial charge in [-0.1, -0.05) is 25.5 Å². The summed E-state index contributed by atoms with van der Waals surface area (Å²) in [5.74, 6) is -0.497. The third kappa shape index (κ3) is 5.77. The minimum atomic E-state index is -0.871. The van der Waals surface area contributed by atoms with Crippen molar-refractivity contribution < 1.29 is 33.7 Å². The Hall–Kier alpha value is -3.03. The van der Waals surface area contributed by atoms with Gasteiger partial charge in [0.15, 0.2) is 5.75 Å². The van der Waals surface area contributed by atoms with Gasteiger partial charge in [0, 0.05) is 31.1 Å². The smallest absolute Gasteiger partial charge is 0.415 e. The number of methoxy groups -OCH3 is 1. The highest BCUT2D eigenvalue weighted by Crippen LogP contribution is 2.43. The van der Waals surface area contributed by atoms with Gasteiger partial charge in [0.25, 0.3) is 0 Å². The number of ether oxygens (including phenoxy) is 3. The number of carboxylic acid groups (broad SMARTS) is 1. The summed E-state index contributed by atoms with van der Waals surface area (Å²) in [6.45, 7) is 8.24. The first kappa shape index (κ1) is 24.2. The predicted molar refractivity (Wildman–Crippen MR) is 115 cm³/mol. The molecule has 1 amide bonds. The molecule has 0 saturated carbocycles. The molecule has 0 radical (unpaired) electrons. The Bertz CT molecular complexity index is 902. The SMILES string of the molecule is COc1c(C)c2c(c(OC(=O)N(C)CC(C)C)c1C/C=C(\C)CCC(=O)O)C(=O)OC2. The van der Waals surface area contributed by atoms with E-state index in [0.29, 0.717) is 36.3 Å². The van der Waals surface area contributed by atoms with Crippen molar-refractivity contribution in [1.29, 1.82) is 0 Å². The number of hydrogen-bond donors (Lipinski definition) is 1. The number of amides is 1. The second kappa shape index (κ2) is 10.3. The molecule has 1 aromatic carbocycles. The predicted octanol–water partition coefficient (Wildman–Crippen LogP) is 4.11. The summed E-state index contributed by atoms with van der Waals surface area (Å²) in [6.07, 6.45) is 2.02. The first-order valence-electron chi connectivity index (χ1n) is 10.3. The number of hydrogen-bond acceptors (Lipinski definition) is 6. The molecule has 1 N–H and O–H groups in total. The van der Waals surface area contributed by atoms with Crippen molar-refractivity contribution in [2.24, 2.45) is 5.92 Å². The van der Waals surface area contributed by atoms with Crippen molar-refractivity contribution in [1.82, 2.24) is 4.90 Å². The second-order valence-electron chi connectivity index (χ2n) is 8.19. The molecule has 0 aromatic heterocycles. The topological polar surface area (TPSA) is 102 Å². The average molecular weight is 434 g/mol. The van der Waals surface area contributed by atoms with Crippen molar-refractivity contribution in [3.8, 4) is 11.5 Å². The first-order chi connectivity index (χ1) is 14.6. The molecule has 0 fully saturated rings. The molecule has 170 valence electrons. The van der Waals surface area contributed by atoms with Crippen molar-refractivity contribution in [2.45, 2.75) is 53.6 Å². The lowest BCUT2D eigenvalue weighted by atomic mass is 9.94. The average Bonchev–Trinajstić information content (AvgIpc) is 3.08. The van der Waals surface area contributed by atoms with Gasteiger partial charge in [0.1, 0.15) is 17.9 Å². The summed E-state index contributed by atoms with van der Waals surface area (Å²) in [7, 11) is 3.16. The second-order valence-corrected chi connectivity index (χ2v) is 8.19. The number of aliphatic carboxylic acids is 1. The molecule has 0 unspecified atom stereocenters. The number of nitrogens with zero attached hydrogens (tertiary/aromatic N) is 1. The van der Waals surface area contributed by atoms with Crippen LogP contribution in [0.5, 0.6) is 11.5 Å². The molecule has 1 aromatic rings. The van der Waals surface area contributed by atoms with E-state index >= 15 is 0 Å². The Morgan fingerprint density at radius 2 is 1.94 bits per heavy atom. The minimum absolute atomic E-state index is 0.0247. The molecule has 0 spiro atoms. The third-order valence-corrected chi connectivity index (χ3v) is 5.15. The van der Waals surface area contributed by atoms with E-state index in [2.05, 4.69) is 0 Å². The normalized spacial score (nSPS) is 13.1. The lowest BCUT2D eigenvalue weighted by Crippen LogP contribution is -2.33. The zero-order valence-electron chi connectivity index (χ0n) is 19.0. The van der Waals surface area contributed by atoms with Gasteiger partial charge >= 0.3 is 18.0 Å². The number of esters is 1. The Balaban J connectivity index is 2.51. The summed E-state index contributed by atoms with van der Waals surface area (Å²) in [5.41, 5.74) is 3.07. The standard InChI is InChI=1S/C23H31NO7/c1-13(2)11-24(5)23(28)31-21-16(9-7-14(3)8-10-18(25)26)20(29-6)15(4)17-12-30-22(27)19(17)21/h7,13H,8-12H2,1-6H3,(H,25,26)/b14-7+. The maximum absolute atomic E-state index is 12.7. The Labute approximate surface area is 182 Å². The highest BCUT2D eigenvalue weighted by molar-refractivity contribution is 5.99. The van der Waals surface area contributed by atoms with Gasteiger partial charge < -0.3 is 24.2 Å². The summed E-state index contributed by atoms with van der Waals surface area (Å²) in [5, 5.41) is 8.90. The number of cyclic esters (lactones) is 1. The highest BCUT2D eigenvalue weighted by atomic mass is 16.6. The zero-order valence-corrected chi connectivity index (χ0v) is 19.0. The van der Waals surface area contributed by atoms with Crippen LogP contribution in [0.3, 0.4) is 0 Å². The molecule has 8 heteroatoms. The summed E-state index contributed by atoms with van der Waals surface area (Å²) >= 11 is 0. The summed E-state index contributed by atoms with van der Waals surface area (Å²) < 4.78 is 16.6. The number of carbonyl (C=O) groups is 3. The van der Waals surface area contributed by atoms with Crippen LogP contribution in [-0.2, 0) is 22.6 Å². The monoisotopic (exact) mass is 433 g/mol. The lowest BCUT2D eigenvalue weighted by Gasteiger charge is -2.22. The molecule has 8 nitrogen and oxygen atoms in total. The molecular formula is C23H31NO7. The van der Waals surface area contributed by atoms with Crippen molar-refractivity contribution >= 4 is 18.0 Å². The maximum atomic E-state index is 12.7. The fraction of sp³-hybridized carbons (Fsp3) is 0.522. The van der Waals surface area contributed by atoms with Crippen LogP contribution in [0.1, 0.15) is 60.7 Å². The van der Waals surface area contributed by atoms with E-state index in [9.17, 15) is 14.4 Å². The Morgan fingerprint density at radius 1 is 1.26 bits per heavy atom. The number of rotatable bonds is 9. The van der Waals surface area contributed by atoms with Crippen molar-refractivity contribution in [3.63, 3.8) is 0 Å². The molecule has 1 heterocycles. The van der Waals surface area contributed by atoms with Gasteiger partial charge in [-0.05, 0) is 38.2 Å². The van der Waals surface area contributed by atoms with E-state index in [4.69, 9.17) is 19.3 Å². The number of benzene rings is 1. The van der Waals surface area contributed by atoms with Gasteiger partial charge in [-0.25, -0.2) is 9.59 Å². The van der Waals surface area contributed by atoms with E-state index in [1.807, 2.05) is 33.8 Å². The van der Waals surface area contributed by atoms with Crippen LogP contribution in [0.4, 0.5) is 4.79 Å². The maximum Gasteiger partial charge on any atom is 0.415 e. The molecule has 0 atom stereocenters. The van der Waals surface area contributed by atoms with E-state index in [-0.39, 0.29) is 30.3 Å². The van der Waals surface area contributed by atoms with Crippen LogP contribution in [0.25, 0.3) is 0 Å². The number of allylic oxidation sites excluding steroid dienone is 2. The van der Waals surface area contributed by atoms with Crippen molar-refractivity contribution in [2.75, 3.05) is 20.7 Å². The van der Waals surface area contributed by atoms with Crippen molar-refractivity contribution in [3.05, 3.63) is 33.9 Å². The Morgan fingerprint density at radius 3 is 2.52 bits per heavy atom. The molecule has 0 aliphatic carbocycles. The van der Waals surface area contributed by atoms with Crippen LogP contribution in [0.15, 0.2) is 11.6 Å². The Kier molecular flexibility index (Phi) is 8.08. The molecular weight excluding hydrogens is 402 g/mol. The van der Waals surface area contributed by atoms with Gasteiger partial charge in [-0.2, -0.15) is 0 Å². The molecule has 0 bridgehead atoms. The van der Waals surface area contributed by atoms with Gasteiger partial charge in [0.05, 0.1) is 7.11 Å². The van der Waals surface area contributed by atoms with E-state index < -0.39 is 18.0 Å². The van der Waals surface area contributed by atoms with Gasteiger partial charge in [-0.3, -0.25) is 4.79 Å². The molecule has 2 rings (SSSR count). The molecule has 1 aliphatic heterocycles. The zero-order chi connectivity index (χ0) is 23.3.